The highest BCUT2D eigenvalue weighted by molar-refractivity contribution is 8.00. The lowest BCUT2D eigenvalue weighted by Crippen LogP contribution is -2.28. The van der Waals surface area contributed by atoms with Crippen molar-refractivity contribution in [3.05, 3.63) is 64.4 Å². The van der Waals surface area contributed by atoms with E-state index in [0.29, 0.717) is 22.0 Å². The Kier molecular flexibility index (Phi) is 3.91. The first kappa shape index (κ1) is 14.4. The van der Waals surface area contributed by atoms with Crippen LogP contribution in [0.1, 0.15) is 16.5 Å². The predicted octanol–water partition coefficient (Wildman–Crippen LogP) is 4.57. The molecule has 1 aliphatic rings. The number of benzene rings is 2. The van der Waals surface area contributed by atoms with Crippen LogP contribution < -0.4 is 4.90 Å². The Balaban J connectivity index is 2.04. The number of hydrogen-bond donors (Lipinski definition) is 0. The molecule has 0 aliphatic carbocycles. The van der Waals surface area contributed by atoms with E-state index in [1.54, 1.807) is 29.2 Å². The van der Waals surface area contributed by atoms with Crippen molar-refractivity contribution in [3.8, 4) is 0 Å². The molecule has 1 unspecified atom stereocenters. The van der Waals surface area contributed by atoms with Gasteiger partial charge in [-0.1, -0.05) is 35.9 Å². The first-order valence-corrected chi connectivity index (χ1v) is 7.95. The molecule has 108 valence electrons. The summed E-state index contributed by atoms with van der Waals surface area (Å²) in [5, 5.41) is 0.252. The Morgan fingerprint density at radius 3 is 2.76 bits per heavy atom. The molecule has 2 aromatic carbocycles. The van der Waals surface area contributed by atoms with Gasteiger partial charge < -0.3 is 0 Å². The Bertz CT molecular complexity index is 706. The van der Waals surface area contributed by atoms with Crippen molar-refractivity contribution >= 4 is 35.0 Å². The van der Waals surface area contributed by atoms with Gasteiger partial charge in [-0.05, 0) is 30.7 Å². The van der Waals surface area contributed by atoms with E-state index in [-0.39, 0.29) is 17.1 Å². The van der Waals surface area contributed by atoms with Crippen LogP contribution in [-0.2, 0) is 4.79 Å². The molecule has 5 heteroatoms. The molecule has 0 aromatic heterocycles. The Morgan fingerprint density at radius 1 is 1.29 bits per heavy atom. The molecular weight excluding hydrogens is 309 g/mol. The van der Waals surface area contributed by atoms with Gasteiger partial charge in [-0.15, -0.1) is 11.8 Å². The summed E-state index contributed by atoms with van der Waals surface area (Å²) in [6.45, 7) is 1.90. The zero-order chi connectivity index (χ0) is 15.0. The third kappa shape index (κ3) is 2.65. The van der Waals surface area contributed by atoms with Crippen LogP contribution in [0.4, 0.5) is 10.1 Å². The fraction of sp³-hybridized carbons (Fsp3) is 0.188. The fourth-order valence-corrected chi connectivity index (χ4v) is 3.71. The number of hydrogen-bond acceptors (Lipinski definition) is 2. The van der Waals surface area contributed by atoms with Crippen molar-refractivity contribution in [3.63, 3.8) is 0 Å². The SMILES string of the molecule is Cc1ccc(N2C(=O)CSC2c2ccccc2F)cc1Cl. The molecule has 1 saturated heterocycles. The van der Waals surface area contributed by atoms with E-state index in [9.17, 15) is 9.18 Å². The number of rotatable bonds is 2. The summed E-state index contributed by atoms with van der Waals surface area (Å²) in [6.07, 6.45) is 0. The van der Waals surface area contributed by atoms with E-state index in [2.05, 4.69) is 0 Å². The number of aryl methyl sites for hydroxylation is 1. The standard InChI is InChI=1S/C16H13ClFNOS/c1-10-6-7-11(8-13(10)17)19-15(20)9-21-16(19)12-4-2-3-5-14(12)18/h2-8,16H,9H2,1H3. The number of thioether (sulfide) groups is 1. The first-order valence-electron chi connectivity index (χ1n) is 6.52. The van der Waals surface area contributed by atoms with Gasteiger partial charge >= 0.3 is 0 Å². The minimum atomic E-state index is -0.350. The highest BCUT2D eigenvalue weighted by Crippen LogP contribution is 2.43. The molecule has 0 radical (unpaired) electrons. The minimum Gasteiger partial charge on any atom is -0.295 e. The van der Waals surface area contributed by atoms with Gasteiger partial charge in [0.15, 0.2) is 0 Å². The van der Waals surface area contributed by atoms with Crippen LogP contribution in [-0.4, -0.2) is 11.7 Å². The third-order valence-electron chi connectivity index (χ3n) is 3.47. The van der Waals surface area contributed by atoms with Gasteiger partial charge in [0.05, 0.1) is 5.75 Å². The highest BCUT2D eigenvalue weighted by Gasteiger charge is 2.35. The van der Waals surface area contributed by atoms with Crippen molar-refractivity contribution in [2.24, 2.45) is 0 Å². The zero-order valence-corrected chi connectivity index (χ0v) is 12.9. The summed E-state index contributed by atoms with van der Waals surface area (Å²) in [5.41, 5.74) is 2.17. The molecule has 0 spiro atoms. The summed E-state index contributed by atoms with van der Waals surface area (Å²) >= 11 is 7.57. The monoisotopic (exact) mass is 321 g/mol. The average molecular weight is 322 g/mol. The third-order valence-corrected chi connectivity index (χ3v) is 5.07. The van der Waals surface area contributed by atoms with E-state index in [4.69, 9.17) is 11.6 Å². The zero-order valence-electron chi connectivity index (χ0n) is 11.3. The molecular formula is C16H13ClFNOS. The lowest BCUT2D eigenvalue weighted by Gasteiger charge is -2.25. The molecule has 1 aliphatic heterocycles. The summed E-state index contributed by atoms with van der Waals surface area (Å²) in [4.78, 5) is 13.8. The maximum Gasteiger partial charge on any atom is 0.238 e. The summed E-state index contributed by atoms with van der Waals surface area (Å²) < 4.78 is 14.0. The van der Waals surface area contributed by atoms with E-state index >= 15 is 0 Å². The van der Waals surface area contributed by atoms with Gasteiger partial charge in [-0.2, -0.15) is 0 Å². The van der Waals surface area contributed by atoms with Crippen molar-refractivity contribution in [2.45, 2.75) is 12.3 Å². The Hall–Kier alpha value is -1.52. The highest BCUT2D eigenvalue weighted by atomic mass is 35.5. The van der Waals surface area contributed by atoms with Gasteiger partial charge in [0, 0.05) is 16.3 Å². The number of carbonyl (C=O) groups is 1. The second-order valence-corrected chi connectivity index (χ2v) is 6.36. The molecule has 3 rings (SSSR count). The van der Waals surface area contributed by atoms with Gasteiger partial charge in [0.25, 0.3) is 0 Å². The van der Waals surface area contributed by atoms with E-state index < -0.39 is 0 Å². The molecule has 2 aromatic rings. The van der Waals surface area contributed by atoms with Crippen molar-refractivity contribution in [2.75, 3.05) is 10.7 Å². The maximum absolute atomic E-state index is 14.0. The molecule has 0 bridgehead atoms. The van der Waals surface area contributed by atoms with Crippen LogP contribution in [0.2, 0.25) is 5.02 Å². The van der Waals surface area contributed by atoms with Crippen molar-refractivity contribution < 1.29 is 9.18 Å². The molecule has 1 heterocycles. The normalized spacial score (nSPS) is 18.3. The summed E-state index contributed by atoms with van der Waals surface area (Å²) in [5.74, 6) is 0.00546. The number of halogens is 2. The molecule has 0 saturated carbocycles. The number of nitrogens with zero attached hydrogens (tertiary/aromatic N) is 1. The Morgan fingerprint density at radius 2 is 2.05 bits per heavy atom. The van der Waals surface area contributed by atoms with Crippen LogP contribution in [0.5, 0.6) is 0 Å². The van der Waals surface area contributed by atoms with Crippen LogP contribution in [0.25, 0.3) is 0 Å². The van der Waals surface area contributed by atoms with Crippen LogP contribution in [0.3, 0.4) is 0 Å². The van der Waals surface area contributed by atoms with E-state index in [0.717, 1.165) is 5.56 Å². The molecule has 2 nitrogen and oxygen atoms in total. The lowest BCUT2D eigenvalue weighted by atomic mass is 10.1. The summed E-state index contributed by atoms with van der Waals surface area (Å²) in [7, 11) is 0. The van der Waals surface area contributed by atoms with E-state index in [1.807, 2.05) is 19.1 Å². The maximum atomic E-state index is 14.0. The van der Waals surface area contributed by atoms with E-state index in [1.165, 1.54) is 17.8 Å². The van der Waals surface area contributed by atoms with Crippen LogP contribution in [0, 0.1) is 12.7 Å². The second kappa shape index (κ2) is 5.70. The van der Waals surface area contributed by atoms with Crippen molar-refractivity contribution in [1.82, 2.24) is 0 Å². The van der Waals surface area contributed by atoms with Crippen LogP contribution in [0.15, 0.2) is 42.5 Å². The molecule has 1 fully saturated rings. The lowest BCUT2D eigenvalue weighted by molar-refractivity contribution is -0.115. The molecule has 1 atom stereocenters. The van der Waals surface area contributed by atoms with Gasteiger partial charge in [0.1, 0.15) is 11.2 Å². The number of anilines is 1. The molecule has 1 amide bonds. The predicted molar refractivity (Wildman–Crippen MR) is 85.3 cm³/mol. The quantitative estimate of drug-likeness (QED) is 0.807. The largest absolute Gasteiger partial charge is 0.295 e. The van der Waals surface area contributed by atoms with Crippen LogP contribution >= 0.6 is 23.4 Å². The average Bonchev–Trinajstić information content (AvgIpc) is 2.84. The second-order valence-electron chi connectivity index (χ2n) is 4.88. The van der Waals surface area contributed by atoms with Gasteiger partial charge in [-0.25, -0.2) is 4.39 Å². The first-order chi connectivity index (χ1) is 10.1. The topological polar surface area (TPSA) is 20.3 Å². The molecule has 0 N–H and O–H groups in total. The van der Waals surface area contributed by atoms with Crippen molar-refractivity contribution in [1.29, 1.82) is 0 Å². The summed E-state index contributed by atoms with van der Waals surface area (Å²) in [6, 6.07) is 12.0. The number of carbonyl (C=O) groups excluding carboxylic acids is 1. The van der Waals surface area contributed by atoms with Gasteiger partial charge in [0.2, 0.25) is 5.91 Å². The minimum absolute atomic E-state index is 0.0341. The van der Waals surface area contributed by atoms with Gasteiger partial charge in [-0.3, -0.25) is 9.69 Å². The Labute approximate surface area is 131 Å². The fourth-order valence-electron chi connectivity index (χ4n) is 2.34. The smallest absolute Gasteiger partial charge is 0.238 e. The number of amides is 1. The molecule has 21 heavy (non-hydrogen) atoms.